The van der Waals surface area contributed by atoms with Crippen molar-refractivity contribution in [2.45, 2.75) is 32.9 Å². The van der Waals surface area contributed by atoms with Crippen LogP contribution in [0.25, 0.3) is 33.5 Å². The number of aromatic hydroxyl groups is 1. The molecule has 0 aliphatic carbocycles. The minimum absolute atomic E-state index is 0.224. The second-order valence-corrected chi connectivity index (χ2v) is 8.15. The van der Waals surface area contributed by atoms with E-state index >= 15 is 0 Å². The van der Waals surface area contributed by atoms with Gasteiger partial charge in [-0.2, -0.15) is 10.4 Å². The van der Waals surface area contributed by atoms with Gasteiger partial charge in [0, 0.05) is 11.9 Å². The van der Waals surface area contributed by atoms with E-state index in [1.807, 2.05) is 31.2 Å². The van der Waals surface area contributed by atoms with Gasteiger partial charge in [-0.3, -0.25) is 5.10 Å². The van der Waals surface area contributed by atoms with Crippen molar-refractivity contribution in [3.05, 3.63) is 53.1 Å². The minimum Gasteiger partial charge on any atom is -0.505 e. The SMILES string of the molecule is CCc1cc(O)c(F)cc1-c1ccc2c(-c3nc4c([nH]3)CN(C(=O)NCCC#N)C4)n[nH]c2c1. The van der Waals surface area contributed by atoms with Crippen LogP contribution in [0, 0.1) is 17.1 Å². The lowest BCUT2D eigenvalue weighted by molar-refractivity contribution is 0.198. The highest BCUT2D eigenvalue weighted by Gasteiger charge is 2.28. The van der Waals surface area contributed by atoms with Crippen molar-refractivity contribution in [3.63, 3.8) is 0 Å². The zero-order valence-electron chi connectivity index (χ0n) is 18.4. The normalized spacial score (nSPS) is 12.7. The van der Waals surface area contributed by atoms with Crippen molar-refractivity contribution >= 4 is 16.9 Å². The number of phenolic OH excluding ortho intramolecular Hbond substituents is 1. The number of urea groups is 1. The highest BCUT2D eigenvalue weighted by Crippen LogP contribution is 2.34. The molecule has 172 valence electrons. The van der Waals surface area contributed by atoms with E-state index in [-0.39, 0.29) is 18.2 Å². The number of aryl methyl sites for hydroxylation is 1. The molecule has 0 radical (unpaired) electrons. The van der Waals surface area contributed by atoms with Gasteiger partial charge in [0.2, 0.25) is 0 Å². The van der Waals surface area contributed by atoms with Crippen LogP contribution in [-0.2, 0) is 19.5 Å². The summed E-state index contributed by atoms with van der Waals surface area (Å²) in [5, 5.41) is 29.4. The molecule has 0 fully saturated rings. The standard InChI is InChI=1S/C24H22FN7O2/c1-2-13-9-21(33)17(25)10-16(13)14-4-5-15-18(8-14)30-31-22(15)23-28-19-11-32(12-20(19)29-23)24(34)27-7-3-6-26/h4-5,8-10,33H,2-3,7,11-12H2,1H3,(H,27,34)(H,28,29)(H,30,31). The number of halogens is 1. The molecule has 9 nitrogen and oxygen atoms in total. The Kier molecular flexibility index (Phi) is 5.37. The first-order valence-electron chi connectivity index (χ1n) is 11.0. The van der Waals surface area contributed by atoms with Crippen molar-refractivity contribution in [3.8, 4) is 34.5 Å². The Morgan fingerprint density at radius 2 is 2.18 bits per heavy atom. The highest BCUT2D eigenvalue weighted by molar-refractivity contribution is 5.94. The molecular weight excluding hydrogens is 437 g/mol. The number of H-pyrrole nitrogens is 2. The molecule has 0 bridgehead atoms. The number of aromatic amines is 2. The second kappa shape index (κ2) is 8.51. The third-order valence-electron chi connectivity index (χ3n) is 6.01. The number of nitrogens with one attached hydrogen (secondary N) is 3. The van der Waals surface area contributed by atoms with Gasteiger partial charge in [0.15, 0.2) is 17.4 Å². The summed E-state index contributed by atoms with van der Waals surface area (Å²) in [6.07, 6.45) is 0.920. The van der Waals surface area contributed by atoms with Gasteiger partial charge in [-0.1, -0.05) is 13.0 Å². The summed E-state index contributed by atoms with van der Waals surface area (Å²) in [5.74, 6) is -0.400. The number of carbonyl (C=O) groups excluding carboxylic acids is 1. The van der Waals surface area contributed by atoms with Crippen molar-refractivity contribution in [2.75, 3.05) is 6.54 Å². The van der Waals surface area contributed by atoms with E-state index in [2.05, 4.69) is 25.5 Å². The third-order valence-corrected chi connectivity index (χ3v) is 6.01. The summed E-state index contributed by atoms with van der Waals surface area (Å²) in [5.41, 5.74) is 5.46. The summed E-state index contributed by atoms with van der Waals surface area (Å²) < 4.78 is 14.0. The maximum absolute atomic E-state index is 14.0. The summed E-state index contributed by atoms with van der Waals surface area (Å²) >= 11 is 0. The quantitative estimate of drug-likeness (QED) is 0.335. The van der Waals surface area contributed by atoms with Gasteiger partial charge in [-0.05, 0) is 47.4 Å². The lowest BCUT2D eigenvalue weighted by Crippen LogP contribution is -2.37. The predicted octanol–water partition coefficient (Wildman–Crippen LogP) is 3.97. The van der Waals surface area contributed by atoms with Crippen LogP contribution in [0.5, 0.6) is 5.75 Å². The average Bonchev–Trinajstić information content (AvgIpc) is 3.53. The Hall–Kier alpha value is -4.39. The molecule has 4 N–H and O–H groups in total. The third kappa shape index (κ3) is 3.71. The summed E-state index contributed by atoms with van der Waals surface area (Å²) in [7, 11) is 0. The van der Waals surface area contributed by atoms with Crippen LogP contribution in [-0.4, -0.2) is 42.7 Å². The van der Waals surface area contributed by atoms with Gasteiger partial charge in [0.05, 0.1) is 42.5 Å². The maximum Gasteiger partial charge on any atom is 0.318 e. The molecule has 0 saturated heterocycles. The van der Waals surface area contributed by atoms with E-state index in [1.54, 1.807) is 4.90 Å². The van der Waals surface area contributed by atoms with Crippen LogP contribution in [0.4, 0.5) is 9.18 Å². The topological polar surface area (TPSA) is 134 Å². The van der Waals surface area contributed by atoms with Gasteiger partial charge < -0.3 is 20.3 Å². The monoisotopic (exact) mass is 459 g/mol. The fraction of sp³-hybridized carbons (Fsp3) is 0.250. The predicted molar refractivity (Wildman–Crippen MR) is 123 cm³/mol. The highest BCUT2D eigenvalue weighted by atomic mass is 19.1. The number of nitrogens with zero attached hydrogens (tertiary/aromatic N) is 4. The van der Waals surface area contributed by atoms with Gasteiger partial charge >= 0.3 is 6.03 Å². The van der Waals surface area contributed by atoms with E-state index in [0.717, 1.165) is 39.0 Å². The number of nitriles is 1. The van der Waals surface area contributed by atoms with E-state index in [9.17, 15) is 14.3 Å². The van der Waals surface area contributed by atoms with Crippen molar-refractivity contribution in [1.82, 2.24) is 30.4 Å². The molecule has 0 unspecified atom stereocenters. The molecule has 1 aliphatic heterocycles. The van der Waals surface area contributed by atoms with E-state index in [4.69, 9.17) is 5.26 Å². The number of aromatic nitrogens is 4. The lowest BCUT2D eigenvalue weighted by atomic mass is 9.96. The molecule has 0 atom stereocenters. The van der Waals surface area contributed by atoms with Crippen molar-refractivity contribution in [1.29, 1.82) is 5.26 Å². The molecular formula is C24H22FN7O2. The number of benzene rings is 2. The molecule has 2 amide bonds. The van der Waals surface area contributed by atoms with E-state index < -0.39 is 5.82 Å². The number of hydrogen-bond acceptors (Lipinski definition) is 5. The first kappa shape index (κ1) is 21.5. The average molecular weight is 459 g/mol. The zero-order chi connectivity index (χ0) is 23.8. The van der Waals surface area contributed by atoms with Gasteiger partial charge in [-0.25, -0.2) is 14.2 Å². The fourth-order valence-electron chi connectivity index (χ4n) is 4.26. The van der Waals surface area contributed by atoms with Crippen LogP contribution < -0.4 is 5.32 Å². The number of fused-ring (bicyclic) bond motifs is 2. The Bertz CT molecular complexity index is 1430. The van der Waals surface area contributed by atoms with Crippen molar-refractivity contribution < 1.29 is 14.3 Å². The van der Waals surface area contributed by atoms with Gasteiger partial charge in [0.1, 0.15) is 5.69 Å². The molecule has 1 aliphatic rings. The van der Waals surface area contributed by atoms with Crippen LogP contribution in [0.2, 0.25) is 0 Å². The number of carbonyl (C=O) groups is 1. The van der Waals surface area contributed by atoms with Gasteiger partial charge in [-0.15, -0.1) is 0 Å². The van der Waals surface area contributed by atoms with Crippen LogP contribution in [0.3, 0.4) is 0 Å². The smallest absolute Gasteiger partial charge is 0.318 e. The number of rotatable bonds is 5. The van der Waals surface area contributed by atoms with Crippen molar-refractivity contribution in [2.24, 2.45) is 0 Å². The summed E-state index contributed by atoms with van der Waals surface area (Å²) in [6.45, 7) is 3.05. The summed E-state index contributed by atoms with van der Waals surface area (Å²) in [4.78, 5) is 21.8. The maximum atomic E-state index is 14.0. The zero-order valence-corrected chi connectivity index (χ0v) is 18.4. The summed E-state index contributed by atoms with van der Waals surface area (Å²) in [6, 6.07) is 10.3. The van der Waals surface area contributed by atoms with E-state index in [1.165, 1.54) is 12.1 Å². The molecule has 2 aromatic carbocycles. The second-order valence-electron chi connectivity index (χ2n) is 8.15. The van der Waals surface area contributed by atoms with Gasteiger partial charge in [0.25, 0.3) is 0 Å². The van der Waals surface area contributed by atoms with Crippen LogP contribution in [0.1, 0.15) is 30.3 Å². The molecule has 10 heteroatoms. The molecule has 2 aromatic heterocycles. The Labute approximate surface area is 194 Å². The Morgan fingerprint density at radius 3 is 2.94 bits per heavy atom. The molecule has 0 spiro atoms. The first-order valence-corrected chi connectivity index (χ1v) is 11.0. The largest absolute Gasteiger partial charge is 0.505 e. The lowest BCUT2D eigenvalue weighted by Gasteiger charge is -2.15. The molecule has 3 heterocycles. The molecule has 4 aromatic rings. The first-order chi connectivity index (χ1) is 16.5. The van der Waals surface area contributed by atoms with E-state index in [0.29, 0.717) is 37.6 Å². The number of hydrogen-bond donors (Lipinski definition) is 4. The Balaban J connectivity index is 1.40. The molecule has 5 rings (SSSR count). The van der Waals surface area contributed by atoms with Crippen LogP contribution in [0.15, 0.2) is 30.3 Å². The fourth-order valence-corrected chi connectivity index (χ4v) is 4.26. The van der Waals surface area contributed by atoms with Crippen LogP contribution >= 0.6 is 0 Å². The Morgan fingerprint density at radius 1 is 1.32 bits per heavy atom. The number of amides is 2. The molecule has 34 heavy (non-hydrogen) atoms. The number of imidazole rings is 1. The minimum atomic E-state index is -0.657. The molecule has 0 saturated carbocycles. The number of phenols is 1.